The van der Waals surface area contributed by atoms with Crippen molar-refractivity contribution in [2.75, 3.05) is 13.6 Å². The molecule has 0 saturated carbocycles. The van der Waals surface area contributed by atoms with E-state index in [1.165, 1.54) is 5.56 Å². The van der Waals surface area contributed by atoms with Gasteiger partial charge in [0.25, 0.3) is 0 Å². The molecule has 15 heavy (non-hydrogen) atoms. The van der Waals surface area contributed by atoms with Crippen LogP contribution in [-0.4, -0.2) is 19.1 Å². The molecule has 2 heteroatoms. The maximum absolute atomic E-state index is 3.53. The number of rotatable bonds is 5. The van der Waals surface area contributed by atoms with Crippen molar-refractivity contribution in [3.8, 4) is 0 Å². The largest absolute Gasteiger partial charge is 0.314 e. The fourth-order valence-corrected chi connectivity index (χ4v) is 1.36. The van der Waals surface area contributed by atoms with Gasteiger partial charge in [0.15, 0.2) is 0 Å². The van der Waals surface area contributed by atoms with Crippen molar-refractivity contribution in [3.63, 3.8) is 0 Å². The quantitative estimate of drug-likeness (QED) is 0.772. The van der Waals surface area contributed by atoms with Crippen molar-refractivity contribution < 1.29 is 0 Å². The van der Waals surface area contributed by atoms with E-state index < -0.39 is 0 Å². The van der Waals surface area contributed by atoms with Crippen LogP contribution in [0.15, 0.2) is 30.3 Å². The van der Waals surface area contributed by atoms with Crippen LogP contribution in [0.1, 0.15) is 32.4 Å². The molecule has 2 nitrogen and oxygen atoms in total. The third-order valence-corrected chi connectivity index (χ3v) is 2.83. The van der Waals surface area contributed by atoms with Gasteiger partial charge in [-0.25, -0.2) is 0 Å². The lowest BCUT2D eigenvalue weighted by atomic mass is 10.0. The van der Waals surface area contributed by atoms with E-state index in [0.29, 0.717) is 6.04 Å². The predicted octanol–water partition coefficient (Wildman–Crippen LogP) is 2.34. The summed E-state index contributed by atoms with van der Waals surface area (Å²) < 4.78 is 0. The van der Waals surface area contributed by atoms with Gasteiger partial charge in [-0.15, -0.1) is 0 Å². The van der Waals surface area contributed by atoms with Gasteiger partial charge in [0.2, 0.25) is 0 Å². The van der Waals surface area contributed by atoms with Crippen molar-refractivity contribution >= 4 is 0 Å². The van der Waals surface area contributed by atoms with Gasteiger partial charge in [0, 0.05) is 18.1 Å². The molecule has 1 aromatic carbocycles. The highest BCUT2D eigenvalue weighted by Gasteiger charge is 2.15. The van der Waals surface area contributed by atoms with Crippen LogP contribution < -0.4 is 10.6 Å². The Bertz CT molecular complexity index is 280. The second-order valence-corrected chi connectivity index (χ2v) is 4.65. The Morgan fingerprint density at radius 1 is 1.20 bits per heavy atom. The zero-order chi connectivity index (χ0) is 11.3. The van der Waals surface area contributed by atoms with Gasteiger partial charge in [-0.3, -0.25) is 0 Å². The van der Waals surface area contributed by atoms with E-state index in [-0.39, 0.29) is 5.54 Å². The Balaban J connectivity index is 2.47. The molecule has 1 aromatic rings. The highest BCUT2D eigenvalue weighted by atomic mass is 15.0. The molecular weight excluding hydrogens is 184 g/mol. The predicted molar refractivity (Wildman–Crippen MR) is 66.0 cm³/mol. The third-order valence-electron chi connectivity index (χ3n) is 2.83. The molecule has 0 heterocycles. The van der Waals surface area contributed by atoms with Crippen molar-refractivity contribution in [1.82, 2.24) is 10.6 Å². The fraction of sp³-hybridized carbons (Fsp3) is 0.538. The highest BCUT2D eigenvalue weighted by molar-refractivity contribution is 5.18. The third kappa shape index (κ3) is 4.02. The molecular formula is C13H22N2. The number of hydrogen-bond donors (Lipinski definition) is 2. The lowest BCUT2D eigenvalue weighted by molar-refractivity contribution is 0.374. The average molecular weight is 206 g/mol. The Hall–Kier alpha value is -0.860. The van der Waals surface area contributed by atoms with E-state index in [9.17, 15) is 0 Å². The van der Waals surface area contributed by atoms with Crippen LogP contribution in [0.3, 0.4) is 0 Å². The molecule has 0 radical (unpaired) electrons. The molecule has 0 bridgehead atoms. The van der Waals surface area contributed by atoms with Crippen molar-refractivity contribution in [2.45, 2.75) is 32.4 Å². The summed E-state index contributed by atoms with van der Waals surface area (Å²) in [5.74, 6) is 0. The number of nitrogens with one attached hydrogen (secondary N) is 2. The van der Waals surface area contributed by atoms with Gasteiger partial charge < -0.3 is 10.6 Å². The molecule has 1 rings (SSSR count). The zero-order valence-electron chi connectivity index (χ0n) is 10.2. The van der Waals surface area contributed by atoms with Crippen molar-refractivity contribution in [3.05, 3.63) is 35.9 Å². The molecule has 1 unspecified atom stereocenters. The summed E-state index contributed by atoms with van der Waals surface area (Å²) in [5.41, 5.74) is 1.48. The molecule has 1 atom stereocenters. The maximum atomic E-state index is 3.53. The SMILES string of the molecule is CNC(C)(C)CNC(C)c1ccccc1. The van der Waals surface area contributed by atoms with Crippen LogP contribution in [0.2, 0.25) is 0 Å². The van der Waals surface area contributed by atoms with E-state index in [1.54, 1.807) is 0 Å². The number of likely N-dealkylation sites (N-methyl/N-ethyl adjacent to an activating group) is 1. The normalized spacial score (nSPS) is 13.9. The molecule has 0 spiro atoms. The Morgan fingerprint density at radius 3 is 2.33 bits per heavy atom. The molecule has 2 N–H and O–H groups in total. The summed E-state index contributed by atoms with van der Waals surface area (Å²) in [6, 6.07) is 10.9. The maximum Gasteiger partial charge on any atom is 0.0292 e. The monoisotopic (exact) mass is 206 g/mol. The highest BCUT2D eigenvalue weighted by Crippen LogP contribution is 2.12. The molecule has 0 fully saturated rings. The molecule has 0 aromatic heterocycles. The lowest BCUT2D eigenvalue weighted by Gasteiger charge is -2.26. The summed E-state index contributed by atoms with van der Waals surface area (Å²) in [6.07, 6.45) is 0. The second kappa shape index (κ2) is 5.29. The number of hydrogen-bond acceptors (Lipinski definition) is 2. The van der Waals surface area contributed by atoms with Crippen LogP contribution in [0.25, 0.3) is 0 Å². The lowest BCUT2D eigenvalue weighted by Crippen LogP contribution is -2.46. The molecule has 0 amide bonds. The van der Waals surface area contributed by atoms with Gasteiger partial charge in [-0.1, -0.05) is 30.3 Å². The number of benzene rings is 1. The van der Waals surface area contributed by atoms with Crippen LogP contribution in [0, 0.1) is 0 Å². The second-order valence-electron chi connectivity index (χ2n) is 4.65. The van der Waals surface area contributed by atoms with E-state index >= 15 is 0 Å². The van der Waals surface area contributed by atoms with E-state index in [4.69, 9.17) is 0 Å². The minimum Gasteiger partial charge on any atom is -0.314 e. The smallest absolute Gasteiger partial charge is 0.0292 e. The van der Waals surface area contributed by atoms with Gasteiger partial charge in [-0.05, 0) is 33.4 Å². The van der Waals surface area contributed by atoms with Crippen LogP contribution in [-0.2, 0) is 0 Å². The fourth-order valence-electron chi connectivity index (χ4n) is 1.36. The molecule has 0 aliphatic heterocycles. The first-order valence-corrected chi connectivity index (χ1v) is 5.52. The van der Waals surface area contributed by atoms with Crippen molar-refractivity contribution in [1.29, 1.82) is 0 Å². The Morgan fingerprint density at radius 2 is 1.80 bits per heavy atom. The molecule has 0 aliphatic carbocycles. The zero-order valence-corrected chi connectivity index (χ0v) is 10.2. The van der Waals surface area contributed by atoms with Gasteiger partial charge in [-0.2, -0.15) is 0 Å². The summed E-state index contributed by atoms with van der Waals surface area (Å²) in [5, 5.41) is 6.81. The summed E-state index contributed by atoms with van der Waals surface area (Å²) in [6.45, 7) is 7.54. The van der Waals surface area contributed by atoms with E-state index in [2.05, 4.69) is 55.7 Å². The first-order chi connectivity index (χ1) is 7.05. The van der Waals surface area contributed by atoms with E-state index in [0.717, 1.165) is 6.54 Å². The first-order valence-electron chi connectivity index (χ1n) is 5.52. The van der Waals surface area contributed by atoms with Crippen LogP contribution >= 0.6 is 0 Å². The van der Waals surface area contributed by atoms with Crippen LogP contribution in [0.4, 0.5) is 0 Å². The van der Waals surface area contributed by atoms with Gasteiger partial charge >= 0.3 is 0 Å². The Kier molecular flexibility index (Phi) is 4.30. The minimum absolute atomic E-state index is 0.142. The Labute approximate surface area is 93.1 Å². The van der Waals surface area contributed by atoms with Crippen molar-refractivity contribution in [2.24, 2.45) is 0 Å². The van der Waals surface area contributed by atoms with Gasteiger partial charge in [0.1, 0.15) is 0 Å². The molecule has 0 saturated heterocycles. The summed E-state index contributed by atoms with van der Waals surface area (Å²) in [7, 11) is 1.99. The molecule has 84 valence electrons. The standard InChI is InChI=1S/C13H22N2/c1-11(12-8-6-5-7-9-12)15-10-13(2,3)14-4/h5-9,11,14-15H,10H2,1-4H3. The van der Waals surface area contributed by atoms with Gasteiger partial charge in [0.05, 0.1) is 0 Å². The summed E-state index contributed by atoms with van der Waals surface area (Å²) >= 11 is 0. The van der Waals surface area contributed by atoms with E-state index in [1.807, 2.05) is 13.1 Å². The minimum atomic E-state index is 0.142. The summed E-state index contributed by atoms with van der Waals surface area (Å²) in [4.78, 5) is 0. The van der Waals surface area contributed by atoms with Crippen LogP contribution in [0.5, 0.6) is 0 Å². The first kappa shape index (κ1) is 12.2. The topological polar surface area (TPSA) is 24.1 Å². The average Bonchev–Trinajstić information content (AvgIpc) is 2.27. The molecule has 0 aliphatic rings.